The van der Waals surface area contributed by atoms with Crippen LogP contribution < -0.4 is 11.1 Å². The molecule has 1 unspecified atom stereocenters. The fraction of sp³-hybridized carbons (Fsp3) is 0.643. The van der Waals surface area contributed by atoms with Gasteiger partial charge in [-0.2, -0.15) is 0 Å². The number of nitrogens with one attached hydrogen (secondary N) is 1. The number of nitrogens with zero attached hydrogens (tertiary/aromatic N) is 1. The second-order valence-electron chi connectivity index (χ2n) is 5.12. The minimum Gasteiger partial charge on any atom is -0.384 e. The van der Waals surface area contributed by atoms with Crippen molar-refractivity contribution in [2.75, 3.05) is 12.3 Å². The van der Waals surface area contributed by atoms with Gasteiger partial charge in [-0.25, -0.2) is 4.98 Å². The summed E-state index contributed by atoms with van der Waals surface area (Å²) >= 11 is 0. The summed E-state index contributed by atoms with van der Waals surface area (Å²) in [6, 6.07) is 4.67. The van der Waals surface area contributed by atoms with Gasteiger partial charge in [0.2, 0.25) is 0 Å². The first kappa shape index (κ1) is 12.4. The molecular formula is C14H23N3. The van der Waals surface area contributed by atoms with E-state index in [0.717, 1.165) is 18.9 Å². The highest BCUT2D eigenvalue weighted by atomic mass is 14.9. The van der Waals surface area contributed by atoms with Gasteiger partial charge >= 0.3 is 0 Å². The van der Waals surface area contributed by atoms with Crippen molar-refractivity contribution in [3.63, 3.8) is 0 Å². The normalized spacial score (nSPS) is 17.0. The second kappa shape index (κ2) is 6.01. The van der Waals surface area contributed by atoms with Crippen molar-refractivity contribution in [2.45, 2.75) is 45.1 Å². The highest BCUT2D eigenvalue weighted by molar-refractivity contribution is 5.32. The van der Waals surface area contributed by atoms with E-state index in [-0.39, 0.29) is 0 Å². The standard InChI is InChI=1S/C14H23N3/c1-2-6-16-13(8-11-3-4-11)9-12-5-7-17-14(15)10-12/h5,7,10-11,13,16H,2-4,6,8-9H2,1H3,(H2,15,17). The summed E-state index contributed by atoms with van der Waals surface area (Å²) < 4.78 is 0. The lowest BCUT2D eigenvalue weighted by Gasteiger charge is -2.18. The van der Waals surface area contributed by atoms with Crippen LogP contribution in [-0.4, -0.2) is 17.6 Å². The molecule has 1 fully saturated rings. The Hall–Kier alpha value is -1.09. The highest BCUT2D eigenvalue weighted by Gasteiger charge is 2.25. The fourth-order valence-corrected chi connectivity index (χ4v) is 2.25. The number of hydrogen-bond acceptors (Lipinski definition) is 3. The van der Waals surface area contributed by atoms with Gasteiger partial charge in [-0.05, 0) is 49.4 Å². The number of pyridine rings is 1. The van der Waals surface area contributed by atoms with E-state index in [1.807, 2.05) is 6.07 Å². The molecule has 2 rings (SSSR count). The van der Waals surface area contributed by atoms with E-state index in [0.29, 0.717) is 11.9 Å². The molecular weight excluding hydrogens is 210 g/mol. The first-order valence-electron chi connectivity index (χ1n) is 6.71. The maximum Gasteiger partial charge on any atom is 0.123 e. The molecule has 1 aromatic heterocycles. The Morgan fingerprint density at radius 1 is 1.53 bits per heavy atom. The molecule has 1 heterocycles. The second-order valence-corrected chi connectivity index (χ2v) is 5.12. The van der Waals surface area contributed by atoms with Gasteiger partial charge in [0, 0.05) is 12.2 Å². The van der Waals surface area contributed by atoms with Crippen molar-refractivity contribution in [2.24, 2.45) is 5.92 Å². The Kier molecular flexibility index (Phi) is 4.37. The SMILES string of the molecule is CCCNC(Cc1ccnc(N)c1)CC1CC1. The summed E-state index contributed by atoms with van der Waals surface area (Å²) in [6.45, 7) is 3.32. The van der Waals surface area contributed by atoms with Crippen molar-refractivity contribution in [3.8, 4) is 0 Å². The largest absolute Gasteiger partial charge is 0.384 e. The van der Waals surface area contributed by atoms with Crippen LogP contribution in [0.5, 0.6) is 0 Å². The Bertz CT molecular complexity index is 347. The van der Waals surface area contributed by atoms with E-state index in [2.05, 4.69) is 23.3 Å². The first-order chi connectivity index (χ1) is 8.28. The van der Waals surface area contributed by atoms with E-state index >= 15 is 0 Å². The zero-order valence-electron chi connectivity index (χ0n) is 10.7. The molecule has 0 saturated heterocycles. The van der Waals surface area contributed by atoms with Gasteiger partial charge in [-0.15, -0.1) is 0 Å². The summed E-state index contributed by atoms with van der Waals surface area (Å²) in [7, 11) is 0. The van der Waals surface area contributed by atoms with E-state index in [9.17, 15) is 0 Å². The van der Waals surface area contributed by atoms with Crippen LogP contribution >= 0.6 is 0 Å². The molecule has 1 aliphatic carbocycles. The molecule has 0 aliphatic heterocycles. The van der Waals surface area contributed by atoms with Crippen molar-refractivity contribution in [1.29, 1.82) is 0 Å². The third-order valence-corrected chi connectivity index (χ3v) is 3.33. The Morgan fingerprint density at radius 3 is 3.00 bits per heavy atom. The molecule has 0 bridgehead atoms. The van der Waals surface area contributed by atoms with Crippen LogP contribution in [0, 0.1) is 5.92 Å². The van der Waals surface area contributed by atoms with E-state index in [1.165, 1.54) is 31.2 Å². The third-order valence-electron chi connectivity index (χ3n) is 3.33. The number of nitrogen functional groups attached to an aromatic ring is 1. The van der Waals surface area contributed by atoms with E-state index < -0.39 is 0 Å². The molecule has 1 aliphatic rings. The lowest BCUT2D eigenvalue weighted by molar-refractivity contribution is 0.455. The summed E-state index contributed by atoms with van der Waals surface area (Å²) in [5.74, 6) is 1.59. The molecule has 0 spiro atoms. The van der Waals surface area contributed by atoms with Crippen LogP contribution in [0.1, 0.15) is 38.2 Å². The Balaban J connectivity index is 1.90. The molecule has 3 heteroatoms. The van der Waals surface area contributed by atoms with Crippen LogP contribution in [0.15, 0.2) is 18.3 Å². The van der Waals surface area contributed by atoms with Crippen molar-refractivity contribution < 1.29 is 0 Å². The van der Waals surface area contributed by atoms with Crippen LogP contribution in [0.3, 0.4) is 0 Å². The lowest BCUT2D eigenvalue weighted by atomic mass is 10.0. The number of anilines is 1. The highest BCUT2D eigenvalue weighted by Crippen LogP contribution is 2.34. The fourth-order valence-electron chi connectivity index (χ4n) is 2.25. The maximum absolute atomic E-state index is 5.72. The predicted molar refractivity (Wildman–Crippen MR) is 71.8 cm³/mol. The van der Waals surface area contributed by atoms with E-state index in [4.69, 9.17) is 5.73 Å². The molecule has 1 saturated carbocycles. The topological polar surface area (TPSA) is 50.9 Å². The minimum atomic E-state index is 0.601. The smallest absolute Gasteiger partial charge is 0.123 e. The third kappa shape index (κ3) is 4.35. The molecule has 1 atom stereocenters. The zero-order valence-corrected chi connectivity index (χ0v) is 10.7. The Morgan fingerprint density at radius 2 is 2.35 bits per heavy atom. The monoisotopic (exact) mass is 233 g/mol. The number of aromatic nitrogens is 1. The molecule has 0 amide bonds. The zero-order chi connectivity index (χ0) is 12.1. The van der Waals surface area contributed by atoms with Crippen LogP contribution in [0.4, 0.5) is 5.82 Å². The number of rotatable bonds is 7. The van der Waals surface area contributed by atoms with Gasteiger partial charge < -0.3 is 11.1 Å². The summed E-state index contributed by atoms with van der Waals surface area (Å²) in [6.07, 6.45) is 8.22. The van der Waals surface area contributed by atoms with Crippen LogP contribution in [-0.2, 0) is 6.42 Å². The molecule has 3 N–H and O–H groups in total. The first-order valence-corrected chi connectivity index (χ1v) is 6.71. The number of nitrogens with two attached hydrogens (primary N) is 1. The quantitative estimate of drug-likeness (QED) is 0.760. The average molecular weight is 233 g/mol. The molecule has 1 aromatic rings. The molecule has 17 heavy (non-hydrogen) atoms. The maximum atomic E-state index is 5.72. The van der Waals surface area contributed by atoms with Gasteiger partial charge in [-0.3, -0.25) is 0 Å². The molecule has 3 nitrogen and oxygen atoms in total. The van der Waals surface area contributed by atoms with Crippen LogP contribution in [0.25, 0.3) is 0 Å². The molecule has 0 aromatic carbocycles. The average Bonchev–Trinajstić information content (AvgIpc) is 3.10. The van der Waals surface area contributed by atoms with Crippen molar-refractivity contribution >= 4 is 5.82 Å². The van der Waals surface area contributed by atoms with Gasteiger partial charge in [-0.1, -0.05) is 19.8 Å². The molecule has 94 valence electrons. The summed E-state index contributed by atoms with van der Waals surface area (Å²) in [4.78, 5) is 4.04. The van der Waals surface area contributed by atoms with Gasteiger partial charge in [0.15, 0.2) is 0 Å². The Labute approximate surface area is 104 Å². The predicted octanol–water partition coefficient (Wildman–Crippen LogP) is 2.37. The van der Waals surface area contributed by atoms with Gasteiger partial charge in [0.25, 0.3) is 0 Å². The number of hydrogen-bond donors (Lipinski definition) is 2. The van der Waals surface area contributed by atoms with E-state index in [1.54, 1.807) is 6.20 Å². The summed E-state index contributed by atoms with van der Waals surface area (Å²) in [5, 5.41) is 3.65. The van der Waals surface area contributed by atoms with Crippen molar-refractivity contribution in [1.82, 2.24) is 10.3 Å². The van der Waals surface area contributed by atoms with Crippen LogP contribution in [0.2, 0.25) is 0 Å². The van der Waals surface area contributed by atoms with Gasteiger partial charge in [0.1, 0.15) is 5.82 Å². The van der Waals surface area contributed by atoms with Crippen molar-refractivity contribution in [3.05, 3.63) is 23.9 Å². The summed E-state index contributed by atoms with van der Waals surface area (Å²) in [5.41, 5.74) is 7.01. The minimum absolute atomic E-state index is 0.601. The molecule has 0 radical (unpaired) electrons. The lowest BCUT2D eigenvalue weighted by Crippen LogP contribution is -2.32. The van der Waals surface area contributed by atoms with Gasteiger partial charge in [0.05, 0.1) is 0 Å².